The number of fused-ring (bicyclic) bond motifs is 1. The van der Waals surface area contributed by atoms with Gasteiger partial charge in [-0.15, -0.1) is 0 Å². The molecule has 1 aliphatic heterocycles. The number of hydrogen-bond acceptors (Lipinski definition) is 6. The van der Waals surface area contributed by atoms with E-state index in [0.29, 0.717) is 5.92 Å². The molecule has 0 bridgehead atoms. The minimum absolute atomic E-state index is 0.0173. The Labute approximate surface area is 219 Å². The summed E-state index contributed by atoms with van der Waals surface area (Å²) in [5.41, 5.74) is 7.60. The van der Waals surface area contributed by atoms with Gasteiger partial charge in [-0.3, -0.25) is 9.97 Å². The van der Waals surface area contributed by atoms with Gasteiger partial charge in [-0.2, -0.15) is 0 Å². The number of carbonyl (C=O) groups is 1. The predicted octanol–water partition coefficient (Wildman–Crippen LogP) is 6.08. The van der Waals surface area contributed by atoms with E-state index < -0.39 is 5.97 Å². The van der Waals surface area contributed by atoms with Gasteiger partial charge in [-0.05, 0) is 68.5 Å². The second-order valence-electron chi connectivity index (χ2n) is 9.77. The summed E-state index contributed by atoms with van der Waals surface area (Å²) in [7, 11) is 0. The lowest BCUT2D eigenvalue weighted by atomic mass is 9.89. The minimum Gasteiger partial charge on any atom is -0.478 e. The Morgan fingerprint density at radius 2 is 1.84 bits per heavy atom. The Morgan fingerprint density at radius 1 is 1.05 bits per heavy atom. The number of carboxylic acids is 1. The van der Waals surface area contributed by atoms with E-state index in [9.17, 15) is 9.90 Å². The molecule has 5 aromatic rings. The number of hydrogen-bond donors (Lipinski definition) is 1. The summed E-state index contributed by atoms with van der Waals surface area (Å²) in [5.74, 6) is 0.132. The summed E-state index contributed by atoms with van der Waals surface area (Å²) in [5, 5.41) is 13.5. The van der Waals surface area contributed by atoms with Crippen molar-refractivity contribution < 1.29 is 19.2 Å². The van der Waals surface area contributed by atoms with Gasteiger partial charge in [-0.1, -0.05) is 23.4 Å². The molecular formula is C30H28N4O4. The Kier molecular flexibility index (Phi) is 6.25. The second-order valence-corrected chi connectivity index (χ2v) is 9.77. The summed E-state index contributed by atoms with van der Waals surface area (Å²) >= 11 is 0. The molecule has 1 saturated heterocycles. The summed E-state index contributed by atoms with van der Waals surface area (Å²) in [6.07, 6.45) is 7.70. The smallest absolute Gasteiger partial charge is 0.335 e. The molecule has 0 aliphatic carbocycles. The highest BCUT2D eigenvalue weighted by Crippen LogP contribution is 2.40. The number of pyridine rings is 2. The summed E-state index contributed by atoms with van der Waals surface area (Å²) < 4.78 is 13.4. The molecule has 8 nitrogen and oxygen atoms in total. The molecule has 0 spiro atoms. The van der Waals surface area contributed by atoms with Gasteiger partial charge in [0.2, 0.25) is 0 Å². The molecule has 4 aromatic heterocycles. The van der Waals surface area contributed by atoms with E-state index in [1.807, 2.05) is 50.5 Å². The van der Waals surface area contributed by atoms with Gasteiger partial charge in [0.05, 0.1) is 34.0 Å². The van der Waals surface area contributed by atoms with Crippen molar-refractivity contribution in [2.75, 3.05) is 13.2 Å². The first-order valence-corrected chi connectivity index (χ1v) is 12.8. The number of aromatic nitrogens is 4. The number of nitrogens with zero attached hydrogens (tertiary/aromatic N) is 4. The predicted molar refractivity (Wildman–Crippen MR) is 143 cm³/mol. The van der Waals surface area contributed by atoms with Crippen molar-refractivity contribution in [3.05, 3.63) is 89.8 Å². The Hall–Kier alpha value is -4.30. The van der Waals surface area contributed by atoms with E-state index in [-0.39, 0.29) is 11.6 Å². The van der Waals surface area contributed by atoms with Crippen LogP contribution < -0.4 is 0 Å². The van der Waals surface area contributed by atoms with Crippen LogP contribution in [-0.4, -0.2) is 44.0 Å². The SMILES string of the molecule is Cc1noc(C)c1-c1cnc2c(-c3ccc(C(=O)O)cc3)cn(C(c3ccccn3)C3CCOCC3)c2c1. The number of ether oxygens (including phenoxy) is 1. The Balaban J connectivity index is 1.59. The first-order chi connectivity index (χ1) is 18.5. The standard InChI is InChI=1S/C30H28N4O4/c1-18-27(19(2)38-33-18)23-15-26-28(32-16-23)24(20-6-8-22(9-7-20)30(35)36)17-34(26)29(21-10-13-37-14-11-21)25-5-3-4-12-31-25/h3-9,12,15-17,21,29H,10-11,13-14H2,1-2H3,(H,35,36). The molecule has 6 rings (SSSR count). The van der Waals surface area contributed by atoms with Crippen molar-refractivity contribution in [1.29, 1.82) is 0 Å². The van der Waals surface area contributed by atoms with Crippen molar-refractivity contribution in [3.8, 4) is 22.3 Å². The van der Waals surface area contributed by atoms with Crippen LogP contribution in [0.1, 0.15) is 46.4 Å². The van der Waals surface area contributed by atoms with E-state index in [1.54, 1.807) is 12.1 Å². The molecule has 38 heavy (non-hydrogen) atoms. The topological polar surface area (TPSA) is 103 Å². The maximum absolute atomic E-state index is 11.4. The van der Waals surface area contributed by atoms with Crippen LogP contribution in [0.3, 0.4) is 0 Å². The van der Waals surface area contributed by atoms with Crippen LogP contribution in [0.4, 0.5) is 0 Å². The van der Waals surface area contributed by atoms with Crippen LogP contribution in [0, 0.1) is 19.8 Å². The average molecular weight is 509 g/mol. The first-order valence-electron chi connectivity index (χ1n) is 12.8. The fourth-order valence-electron chi connectivity index (χ4n) is 5.59. The number of benzene rings is 1. The van der Waals surface area contributed by atoms with Crippen LogP contribution in [0.25, 0.3) is 33.3 Å². The van der Waals surface area contributed by atoms with Crippen molar-refractivity contribution in [1.82, 2.24) is 19.7 Å². The molecule has 0 radical (unpaired) electrons. The third-order valence-electron chi connectivity index (χ3n) is 7.44. The Bertz CT molecular complexity index is 1580. The van der Waals surface area contributed by atoms with E-state index >= 15 is 0 Å². The van der Waals surface area contributed by atoms with Gasteiger partial charge < -0.3 is 18.9 Å². The maximum atomic E-state index is 11.4. The number of rotatable bonds is 6. The molecule has 8 heteroatoms. The molecule has 0 saturated carbocycles. The van der Waals surface area contributed by atoms with Gasteiger partial charge in [0.1, 0.15) is 5.76 Å². The lowest BCUT2D eigenvalue weighted by Gasteiger charge is -2.31. The fraction of sp³-hybridized carbons (Fsp3) is 0.267. The zero-order chi connectivity index (χ0) is 26.2. The molecule has 1 atom stereocenters. The van der Waals surface area contributed by atoms with Gasteiger partial charge in [-0.25, -0.2) is 4.79 Å². The molecule has 1 aliphatic rings. The lowest BCUT2D eigenvalue weighted by Crippen LogP contribution is -2.27. The number of carboxylic acid groups (broad SMARTS) is 1. The van der Waals surface area contributed by atoms with Crippen molar-refractivity contribution in [2.45, 2.75) is 32.7 Å². The van der Waals surface area contributed by atoms with E-state index in [4.69, 9.17) is 19.2 Å². The molecular weight excluding hydrogens is 480 g/mol. The monoisotopic (exact) mass is 508 g/mol. The largest absolute Gasteiger partial charge is 0.478 e. The molecule has 1 unspecified atom stereocenters. The van der Waals surface area contributed by atoms with E-state index in [1.165, 1.54) is 0 Å². The summed E-state index contributed by atoms with van der Waals surface area (Å²) in [4.78, 5) is 21.2. The van der Waals surface area contributed by atoms with Crippen molar-refractivity contribution >= 4 is 17.0 Å². The molecule has 1 fully saturated rings. The first kappa shape index (κ1) is 24.1. The summed E-state index contributed by atoms with van der Waals surface area (Å²) in [6.45, 7) is 5.29. The van der Waals surface area contributed by atoms with Gasteiger partial charge in [0, 0.05) is 48.5 Å². The highest BCUT2D eigenvalue weighted by molar-refractivity contribution is 5.96. The van der Waals surface area contributed by atoms with E-state index in [0.717, 1.165) is 76.5 Å². The van der Waals surface area contributed by atoms with Crippen LogP contribution in [0.15, 0.2) is 71.6 Å². The third-order valence-corrected chi connectivity index (χ3v) is 7.44. The van der Waals surface area contributed by atoms with Crippen LogP contribution in [-0.2, 0) is 4.74 Å². The molecule has 5 heterocycles. The maximum Gasteiger partial charge on any atom is 0.335 e. The number of aromatic carboxylic acids is 1. The number of aryl methyl sites for hydroxylation is 2. The van der Waals surface area contributed by atoms with Crippen molar-refractivity contribution in [2.24, 2.45) is 5.92 Å². The van der Waals surface area contributed by atoms with Crippen LogP contribution in [0.2, 0.25) is 0 Å². The van der Waals surface area contributed by atoms with Crippen LogP contribution >= 0.6 is 0 Å². The zero-order valence-electron chi connectivity index (χ0n) is 21.3. The summed E-state index contributed by atoms with van der Waals surface area (Å²) in [6, 6.07) is 15.1. The van der Waals surface area contributed by atoms with Gasteiger partial charge >= 0.3 is 5.97 Å². The average Bonchev–Trinajstić information content (AvgIpc) is 3.49. The van der Waals surface area contributed by atoms with Crippen LogP contribution in [0.5, 0.6) is 0 Å². The van der Waals surface area contributed by atoms with Gasteiger partial charge in [0.15, 0.2) is 0 Å². The second kappa shape index (κ2) is 9.87. The minimum atomic E-state index is -0.948. The third kappa shape index (κ3) is 4.26. The fourth-order valence-corrected chi connectivity index (χ4v) is 5.59. The normalized spacial score (nSPS) is 15.1. The van der Waals surface area contributed by atoms with Gasteiger partial charge in [0.25, 0.3) is 0 Å². The zero-order valence-corrected chi connectivity index (χ0v) is 21.3. The molecule has 192 valence electrons. The quantitative estimate of drug-likeness (QED) is 0.296. The highest BCUT2D eigenvalue weighted by atomic mass is 16.5. The van der Waals surface area contributed by atoms with Crippen molar-refractivity contribution in [3.63, 3.8) is 0 Å². The lowest BCUT2D eigenvalue weighted by molar-refractivity contribution is 0.0543. The molecule has 1 N–H and O–H groups in total. The Morgan fingerprint density at radius 3 is 2.50 bits per heavy atom. The van der Waals surface area contributed by atoms with E-state index in [2.05, 4.69) is 28.1 Å². The highest BCUT2D eigenvalue weighted by Gasteiger charge is 2.30. The molecule has 0 amide bonds. The molecule has 1 aromatic carbocycles.